The van der Waals surface area contributed by atoms with Crippen LogP contribution in [0.15, 0.2) is 48.5 Å². The van der Waals surface area contributed by atoms with Gasteiger partial charge in [0.05, 0.1) is 0 Å². The van der Waals surface area contributed by atoms with Crippen LogP contribution in [0.3, 0.4) is 0 Å². The fraction of sp³-hybridized carbons (Fsp3) is 0.158. The maximum atomic E-state index is 12.0. The van der Waals surface area contributed by atoms with Crippen LogP contribution in [0.25, 0.3) is 6.08 Å². The standard InChI is InChI=1S/C19H17NO4/c1-13(21)15-4-6-16(7-5-15)20-19(22)9-3-14-2-8-17-18(12-14)24-11-10-23-17/h2-9,12H,10-11H2,1H3,(H,20,22)/b9-3+. The number of rotatable bonds is 4. The summed E-state index contributed by atoms with van der Waals surface area (Å²) in [5, 5.41) is 2.75. The third kappa shape index (κ3) is 3.81. The second-order valence-corrected chi connectivity index (χ2v) is 5.36. The first-order valence-electron chi connectivity index (χ1n) is 7.61. The molecule has 0 spiro atoms. The van der Waals surface area contributed by atoms with Gasteiger partial charge in [-0.2, -0.15) is 0 Å². The molecule has 5 nitrogen and oxygen atoms in total. The van der Waals surface area contributed by atoms with Crippen molar-refractivity contribution in [2.75, 3.05) is 18.5 Å². The molecule has 0 aromatic heterocycles. The van der Waals surface area contributed by atoms with E-state index in [1.165, 1.54) is 13.0 Å². The van der Waals surface area contributed by atoms with E-state index in [2.05, 4.69) is 5.32 Å². The summed E-state index contributed by atoms with van der Waals surface area (Å²) in [7, 11) is 0. The van der Waals surface area contributed by atoms with Crippen LogP contribution in [-0.4, -0.2) is 24.9 Å². The average Bonchev–Trinajstić information content (AvgIpc) is 2.60. The number of ketones is 1. The van der Waals surface area contributed by atoms with Gasteiger partial charge >= 0.3 is 0 Å². The summed E-state index contributed by atoms with van der Waals surface area (Å²) in [5.41, 5.74) is 2.10. The minimum Gasteiger partial charge on any atom is -0.486 e. The van der Waals surface area contributed by atoms with Gasteiger partial charge in [-0.1, -0.05) is 6.07 Å². The number of Topliss-reactive ketones (excluding diaryl/α,β-unsaturated/α-hetero) is 1. The lowest BCUT2D eigenvalue weighted by Crippen LogP contribution is -2.15. The maximum absolute atomic E-state index is 12.0. The van der Waals surface area contributed by atoms with Crippen LogP contribution < -0.4 is 14.8 Å². The Bertz CT molecular complexity index is 794. The van der Waals surface area contributed by atoms with Crippen molar-refractivity contribution in [3.05, 3.63) is 59.7 Å². The number of amides is 1. The molecule has 3 rings (SSSR count). The van der Waals surface area contributed by atoms with Gasteiger partial charge in [0.2, 0.25) is 5.91 Å². The number of hydrogen-bond donors (Lipinski definition) is 1. The van der Waals surface area contributed by atoms with Gasteiger partial charge in [-0.3, -0.25) is 9.59 Å². The van der Waals surface area contributed by atoms with Crippen LogP contribution in [-0.2, 0) is 4.79 Å². The minimum atomic E-state index is -0.250. The summed E-state index contributed by atoms with van der Waals surface area (Å²) in [6.45, 7) is 2.58. The first kappa shape index (κ1) is 15.8. The van der Waals surface area contributed by atoms with Crippen molar-refractivity contribution in [3.8, 4) is 11.5 Å². The summed E-state index contributed by atoms with van der Waals surface area (Å²) in [5.74, 6) is 1.14. The van der Waals surface area contributed by atoms with Crippen molar-refractivity contribution in [2.45, 2.75) is 6.92 Å². The summed E-state index contributed by atoms with van der Waals surface area (Å²) in [6.07, 6.45) is 3.15. The third-order valence-corrected chi connectivity index (χ3v) is 3.55. The molecular formula is C19H17NO4. The molecular weight excluding hydrogens is 306 g/mol. The summed E-state index contributed by atoms with van der Waals surface area (Å²) < 4.78 is 11.0. The molecule has 2 aromatic carbocycles. The van der Waals surface area contributed by atoms with Crippen molar-refractivity contribution in [1.82, 2.24) is 0 Å². The molecule has 2 aromatic rings. The fourth-order valence-electron chi connectivity index (χ4n) is 2.31. The molecule has 24 heavy (non-hydrogen) atoms. The van der Waals surface area contributed by atoms with E-state index in [-0.39, 0.29) is 11.7 Å². The largest absolute Gasteiger partial charge is 0.486 e. The molecule has 1 N–H and O–H groups in total. The molecule has 1 amide bonds. The highest BCUT2D eigenvalue weighted by atomic mass is 16.6. The highest BCUT2D eigenvalue weighted by Crippen LogP contribution is 2.31. The van der Waals surface area contributed by atoms with E-state index in [4.69, 9.17) is 9.47 Å². The van der Waals surface area contributed by atoms with Crippen LogP contribution in [0.2, 0.25) is 0 Å². The Hall–Kier alpha value is -3.08. The molecule has 1 aliphatic heterocycles. The number of ether oxygens (including phenoxy) is 2. The topological polar surface area (TPSA) is 64.6 Å². The Kier molecular flexibility index (Phi) is 4.61. The highest BCUT2D eigenvalue weighted by Gasteiger charge is 2.10. The van der Waals surface area contributed by atoms with Gasteiger partial charge < -0.3 is 14.8 Å². The molecule has 5 heteroatoms. The van der Waals surface area contributed by atoms with Crippen molar-refractivity contribution in [1.29, 1.82) is 0 Å². The predicted octanol–water partition coefficient (Wildman–Crippen LogP) is 3.31. The zero-order valence-corrected chi connectivity index (χ0v) is 13.2. The fourth-order valence-corrected chi connectivity index (χ4v) is 2.31. The predicted molar refractivity (Wildman–Crippen MR) is 91.5 cm³/mol. The zero-order chi connectivity index (χ0) is 16.9. The first-order valence-corrected chi connectivity index (χ1v) is 7.61. The quantitative estimate of drug-likeness (QED) is 0.692. The normalized spacial score (nSPS) is 12.9. The Balaban J connectivity index is 1.63. The van der Waals surface area contributed by atoms with Gasteiger partial charge in [-0.05, 0) is 55.0 Å². The van der Waals surface area contributed by atoms with Crippen LogP contribution in [0.5, 0.6) is 11.5 Å². The number of carbonyl (C=O) groups is 2. The van der Waals surface area contributed by atoms with Crippen LogP contribution in [0.4, 0.5) is 5.69 Å². The molecule has 1 aliphatic rings. The number of anilines is 1. The van der Waals surface area contributed by atoms with Gasteiger partial charge in [0.1, 0.15) is 13.2 Å². The SMILES string of the molecule is CC(=O)c1ccc(NC(=O)/C=C/c2ccc3c(c2)OCCO3)cc1. The molecule has 0 unspecified atom stereocenters. The molecule has 1 heterocycles. The second-order valence-electron chi connectivity index (χ2n) is 5.36. The number of nitrogens with one attached hydrogen (secondary N) is 1. The van der Waals surface area contributed by atoms with E-state index in [1.807, 2.05) is 18.2 Å². The summed E-state index contributed by atoms with van der Waals surface area (Å²) >= 11 is 0. The Morgan fingerprint density at radius 3 is 2.42 bits per heavy atom. The molecule has 0 bridgehead atoms. The third-order valence-electron chi connectivity index (χ3n) is 3.55. The Labute approximate surface area is 139 Å². The van der Waals surface area contributed by atoms with E-state index in [9.17, 15) is 9.59 Å². The first-order chi connectivity index (χ1) is 11.6. The van der Waals surface area contributed by atoms with Crippen molar-refractivity contribution < 1.29 is 19.1 Å². The smallest absolute Gasteiger partial charge is 0.248 e. The van der Waals surface area contributed by atoms with Gasteiger partial charge in [-0.15, -0.1) is 0 Å². The van der Waals surface area contributed by atoms with Gasteiger partial charge in [0, 0.05) is 17.3 Å². The van der Waals surface area contributed by atoms with Crippen LogP contribution in [0.1, 0.15) is 22.8 Å². The molecule has 0 saturated heterocycles. The van der Waals surface area contributed by atoms with E-state index < -0.39 is 0 Å². The van der Waals surface area contributed by atoms with Crippen molar-refractivity contribution >= 4 is 23.5 Å². The van der Waals surface area contributed by atoms with Crippen LogP contribution >= 0.6 is 0 Å². The van der Waals surface area contributed by atoms with Crippen molar-refractivity contribution in [2.24, 2.45) is 0 Å². The summed E-state index contributed by atoms with van der Waals surface area (Å²) in [6, 6.07) is 12.3. The number of carbonyl (C=O) groups excluding carboxylic acids is 2. The van der Waals surface area contributed by atoms with Gasteiger partial charge in [0.25, 0.3) is 0 Å². The monoisotopic (exact) mass is 323 g/mol. The Morgan fingerprint density at radius 2 is 1.71 bits per heavy atom. The minimum absolute atomic E-state index is 0.00798. The van der Waals surface area contributed by atoms with E-state index in [0.29, 0.717) is 36.0 Å². The average molecular weight is 323 g/mol. The second kappa shape index (κ2) is 7.00. The molecule has 0 aliphatic carbocycles. The number of fused-ring (bicyclic) bond motifs is 1. The molecule has 0 saturated carbocycles. The molecule has 0 fully saturated rings. The van der Waals surface area contributed by atoms with Crippen molar-refractivity contribution in [3.63, 3.8) is 0 Å². The lowest BCUT2D eigenvalue weighted by Gasteiger charge is -2.18. The van der Waals surface area contributed by atoms with Crippen LogP contribution in [0, 0.1) is 0 Å². The summed E-state index contributed by atoms with van der Waals surface area (Å²) in [4.78, 5) is 23.2. The number of benzene rings is 2. The van der Waals surface area contributed by atoms with E-state index >= 15 is 0 Å². The molecule has 0 atom stereocenters. The number of hydrogen-bond acceptors (Lipinski definition) is 4. The van der Waals surface area contributed by atoms with E-state index in [1.54, 1.807) is 30.3 Å². The van der Waals surface area contributed by atoms with Gasteiger partial charge in [-0.25, -0.2) is 0 Å². The zero-order valence-electron chi connectivity index (χ0n) is 13.2. The maximum Gasteiger partial charge on any atom is 0.248 e. The van der Waals surface area contributed by atoms with Gasteiger partial charge in [0.15, 0.2) is 17.3 Å². The molecule has 122 valence electrons. The highest BCUT2D eigenvalue weighted by molar-refractivity contribution is 6.02. The molecule has 0 radical (unpaired) electrons. The van der Waals surface area contributed by atoms with E-state index in [0.717, 1.165) is 5.56 Å². The Morgan fingerprint density at radius 1 is 1.00 bits per heavy atom. The lowest BCUT2D eigenvalue weighted by atomic mass is 10.1. The lowest BCUT2D eigenvalue weighted by molar-refractivity contribution is -0.111.